The summed E-state index contributed by atoms with van der Waals surface area (Å²) >= 11 is 0. The van der Waals surface area contributed by atoms with Crippen LogP contribution in [0.2, 0.25) is 0 Å². The first-order chi connectivity index (χ1) is 3.95. The molecule has 0 saturated heterocycles. The Morgan fingerprint density at radius 3 is 2.20 bits per heavy atom. The monoisotopic (exact) mass is 162 g/mol. The Labute approximate surface area is 74.6 Å². The second-order valence-corrected chi connectivity index (χ2v) is 2.79. The van der Waals surface area contributed by atoms with Crippen LogP contribution in [0.4, 0.5) is 0 Å². The average Bonchev–Trinajstić information content (AvgIpc) is 1.62. The minimum absolute atomic E-state index is 0. The molecule has 1 N–H and O–H groups in total. The van der Waals surface area contributed by atoms with Crippen LogP contribution in [-0.2, 0) is 14.6 Å². The van der Waals surface area contributed by atoms with Gasteiger partial charge in [-0.15, -0.1) is 0 Å². The second-order valence-electron chi connectivity index (χ2n) is 1.74. The molecule has 0 aliphatic carbocycles. The van der Waals surface area contributed by atoms with Crippen LogP contribution in [0.1, 0.15) is 21.7 Å². The van der Waals surface area contributed by atoms with Crippen molar-refractivity contribution in [3.05, 3.63) is 0 Å². The van der Waals surface area contributed by atoms with E-state index in [2.05, 4.69) is 4.18 Å². The molecule has 0 aliphatic rings. The van der Waals surface area contributed by atoms with Crippen molar-refractivity contribution in [2.45, 2.75) is 26.4 Å². The molecule has 10 heavy (non-hydrogen) atoms. The molecule has 0 aliphatic heterocycles. The summed E-state index contributed by atoms with van der Waals surface area (Å²) in [6.45, 7) is 3.32. The first-order valence-electron chi connectivity index (χ1n) is 2.61. The summed E-state index contributed by atoms with van der Waals surface area (Å²) in [4.78, 5) is 0. The van der Waals surface area contributed by atoms with Gasteiger partial charge in [-0.3, -0.25) is 4.55 Å². The third-order valence-corrected chi connectivity index (χ3v) is 1.43. The first kappa shape index (κ1) is 13.1. The standard InChI is InChI=1S/C4H10O4S.Li.H/c1-3-4(2)8-9(5,6)7;;/h4H,3H2,1-2H3,(H,5,6,7);;/q;+1;-1. The van der Waals surface area contributed by atoms with Crippen LogP contribution >= 0.6 is 0 Å². The Balaban J connectivity index is -0.000000320. The molecule has 1 unspecified atom stereocenters. The summed E-state index contributed by atoms with van der Waals surface area (Å²) < 4.78 is 32.1. The van der Waals surface area contributed by atoms with Gasteiger partial charge in [0, 0.05) is 0 Å². The molecule has 0 amide bonds. The molecule has 0 spiro atoms. The fraction of sp³-hybridized carbons (Fsp3) is 1.00. The van der Waals surface area contributed by atoms with Gasteiger partial charge >= 0.3 is 29.3 Å². The first-order valence-corrected chi connectivity index (χ1v) is 3.98. The molecule has 4 nitrogen and oxygen atoms in total. The zero-order valence-electron chi connectivity index (χ0n) is 7.36. The summed E-state index contributed by atoms with van der Waals surface area (Å²) in [5, 5.41) is 0. The van der Waals surface area contributed by atoms with E-state index in [0.29, 0.717) is 6.42 Å². The van der Waals surface area contributed by atoms with Crippen LogP contribution in [0.15, 0.2) is 0 Å². The van der Waals surface area contributed by atoms with Crippen LogP contribution in [0.3, 0.4) is 0 Å². The maximum absolute atomic E-state index is 9.93. The van der Waals surface area contributed by atoms with Crippen molar-refractivity contribution in [1.29, 1.82) is 0 Å². The molecular weight excluding hydrogens is 151 g/mol. The molecule has 0 fully saturated rings. The van der Waals surface area contributed by atoms with Crippen LogP contribution in [0.5, 0.6) is 0 Å². The summed E-state index contributed by atoms with van der Waals surface area (Å²) in [7, 11) is -4.24. The Morgan fingerprint density at radius 1 is 1.70 bits per heavy atom. The average molecular weight is 162 g/mol. The van der Waals surface area contributed by atoms with E-state index >= 15 is 0 Å². The van der Waals surface area contributed by atoms with Crippen molar-refractivity contribution in [3.63, 3.8) is 0 Å². The summed E-state index contributed by atoms with van der Waals surface area (Å²) in [5.74, 6) is 0. The summed E-state index contributed by atoms with van der Waals surface area (Å²) in [6, 6.07) is 0. The molecular formula is C4H11LiO4S. The quantitative estimate of drug-likeness (QED) is 0.375. The van der Waals surface area contributed by atoms with Gasteiger partial charge in [-0.2, -0.15) is 8.42 Å². The van der Waals surface area contributed by atoms with Gasteiger partial charge in [0.2, 0.25) is 0 Å². The van der Waals surface area contributed by atoms with E-state index in [1.54, 1.807) is 13.8 Å². The van der Waals surface area contributed by atoms with Gasteiger partial charge in [0.25, 0.3) is 0 Å². The zero-order valence-corrected chi connectivity index (χ0v) is 7.18. The van der Waals surface area contributed by atoms with Crippen LogP contribution in [0, 0.1) is 0 Å². The summed E-state index contributed by atoms with van der Waals surface area (Å²) in [6.07, 6.45) is 0.111. The molecule has 0 radical (unpaired) electrons. The molecule has 0 saturated carbocycles. The van der Waals surface area contributed by atoms with E-state index < -0.39 is 16.5 Å². The normalized spacial score (nSPS) is 13.9. The molecule has 0 aromatic rings. The van der Waals surface area contributed by atoms with Crippen LogP contribution < -0.4 is 18.9 Å². The smallest absolute Gasteiger partial charge is 1.00 e. The SMILES string of the molecule is CCC(C)OS(=O)(=O)O.[H-].[Li+]. The predicted molar refractivity (Wildman–Crippen MR) is 33.5 cm³/mol. The fourth-order valence-corrected chi connectivity index (χ4v) is 0.827. The maximum Gasteiger partial charge on any atom is 1.00 e. The third kappa shape index (κ3) is 8.47. The van der Waals surface area contributed by atoms with Gasteiger partial charge in [-0.25, -0.2) is 4.18 Å². The van der Waals surface area contributed by atoms with Gasteiger partial charge in [-0.05, 0) is 13.3 Å². The molecule has 0 bridgehead atoms. The van der Waals surface area contributed by atoms with Crippen molar-refractivity contribution >= 4 is 10.4 Å². The van der Waals surface area contributed by atoms with Crippen molar-refractivity contribution in [2.75, 3.05) is 0 Å². The van der Waals surface area contributed by atoms with E-state index in [1.807, 2.05) is 0 Å². The third-order valence-electron chi connectivity index (χ3n) is 0.861. The molecule has 58 valence electrons. The predicted octanol–water partition coefficient (Wildman–Crippen LogP) is -2.28. The molecule has 0 rings (SSSR count). The van der Waals surface area contributed by atoms with Crippen molar-refractivity contribution in [2.24, 2.45) is 0 Å². The Bertz CT molecular complexity index is 169. The van der Waals surface area contributed by atoms with Crippen molar-refractivity contribution in [3.8, 4) is 0 Å². The van der Waals surface area contributed by atoms with E-state index in [0.717, 1.165) is 0 Å². The van der Waals surface area contributed by atoms with E-state index in [9.17, 15) is 8.42 Å². The summed E-state index contributed by atoms with van der Waals surface area (Å²) in [5.41, 5.74) is 0. The van der Waals surface area contributed by atoms with Gasteiger partial charge in [0.1, 0.15) is 0 Å². The molecule has 1 atom stereocenters. The van der Waals surface area contributed by atoms with E-state index in [-0.39, 0.29) is 20.3 Å². The van der Waals surface area contributed by atoms with Crippen molar-refractivity contribution < 1.29 is 37.4 Å². The number of rotatable bonds is 3. The van der Waals surface area contributed by atoms with Gasteiger partial charge < -0.3 is 1.43 Å². The molecule has 0 aromatic carbocycles. The van der Waals surface area contributed by atoms with Gasteiger partial charge in [0.05, 0.1) is 6.10 Å². The maximum atomic E-state index is 9.93. The minimum atomic E-state index is -4.24. The van der Waals surface area contributed by atoms with Gasteiger partial charge in [0.15, 0.2) is 0 Å². The topological polar surface area (TPSA) is 63.6 Å². The molecule has 0 heterocycles. The van der Waals surface area contributed by atoms with Crippen LogP contribution in [-0.4, -0.2) is 19.1 Å². The zero-order chi connectivity index (χ0) is 7.49. The van der Waals surface area contributed by atoms with Crippen molar-refractivity contribution in [1.82, 2.24) is 0 Å². The molecule has 6 heteroatoms. The largest absolute Gasteiger partial charge is 1.00 e. The van der Waals surface area contributed by atoms with E-state index in [4.69, 9.17) is 4.55 Å². The Hall–Kier alpha value is 0.467. The number of hydrogen-bond acceptors (Lipinski definition) is 3. The van der Waals surface area contributed by atoms with E-state index in [1.165, 1.54) is 0 Å². The second kappa shape index (κ2) is 5.16. The van der Waals surface area contributed by atoms with Crippen LogP contribution in [0.25, 0.3) is 0 Å². The Morgan fingerprint density at radius 2 is 2.10 bits per heavy atom. The Kier molecular flexibility index (Phi) is 6.75. The minimum Gasteiger partial charge on any atom is -1.00 e. The number of hydrogen-bond donors (Lipinski definition) is 1. The fourth-order valence-electron chi connectivity index (χ4n) is 0.276. The molecule has 0 aromatic heterocycles. The van der Waals surface area contributed by atoms with Gasteiger partial charge in [-0.1, -0.05) is 6.92 Å².